The van der Waals surface area contributed by atoms with Gasteiger partial charge in [0.25, 0.3) is 0 Å². The van der Waals surface area contributed by atoms with E-state index in [2.05, 4.69) is 5.32 Å². The number of rotatable bonds is 2. The van der Waals surface area contributed by atoms with Gasteiger partial charge in [-0.2, -0.15) is 0 Å². The standard InChI is InChI=1S/C14H16N2O4/c1-9-4-6-10(7-5-9)15-12(17)13(18)16-8-2-3-11(16)14(19)20/h4-7,11H,2-3,8H2,1H3,(H,15,17)(H,19,20)/t11-/m0/s1. The van der Waals surface area contributed by atoms with E-state index in [-0.39, 0.29) is 0 Å². The van der Waals surface area contributed by atoms with E-state index < -0.39 is 23.8 Å². The second-order valence-electron chi connectivity index (χ2n) is 4.81. The summed E-state index contributed by atoms with van der Waals surface area (Å²) in [4.78, 5) is 36.0. The van der Waals surface area contributed by atoms with Crippen LogP contribution in [0.2, 0.25) is 0 Å². The summed E-state index contributed by atoms with van der Waals surface area (Å²) in [5, 5.41) is 11.5. The molecule has 1 atom stereocenters. The van der Waals surface area contributed by atoms with Crippen molar-refractivity contribution in [2.75, 3.05) is 11.9 Å². The van der Waals surface area contributed by atoms with Crippen LogP contribution in [0.1, 0.15) is 18.4 Å². The molecule has 2 amide bonds. The van der Waals surface area contributed by atoms with E-state index in [0.717, 1.165) is 10.5 Å². The molecule has 2 N–H and O–H groups in total. The van der Waals surface area contributed by atoms with E-state index in [1.807, 2.05) is 19.1 Å². The van der Waals surface area contributed by atoms with Gasteiger partial charge in [0.2, 0.25) is 0 Å². The zero-order valence-electron chi connectivity index (χ0n) is 11.1. The lowest BCUT2D eigenvalue weighted by Gasteiger charge is -2.20. The minimum absolute atomic E-state index is 0.303. The van der Waals surface area contributed by atoms with Gasteiger partial charge in [-0.1, -0.05) is 17.7 Å². The number of likely N-dealkylation sites (tertiary alicyclic amines) is 1. The van der Waals surface area contributed by atoms with E-state index in [1.54, 1.807) is 12.1 Å². The van der Waals surface area contributed by atoms with Crippen molar-refractivity contribution in [3.63, 3.8) is 0 Å². The van der Waals surface area contributed by atoms with Gasteiger partial charge in [-0.05, 0) is 31.9 Å². The number of nitrogens with one attached hydrogen (secondary N) is 1. The highest BCUT2D eigenvalue weighted by molar-refractivity contribution is 6.39. The largest absolute Gasteiger partial charge is 0.480 e. The van der Waals surface area contributed by atoms with Crippen LogP contribution in [-0.2, 0) is 14.4 Å². The number of anilines is 1. The maximum atomic E-state index is 12.0. The first-order valence-corrected chi connectivity index (χ1v) is 6.40. The quantitative estimate of drug-likeness (QED) is 0.789. The van der Waals surface area contributed by atoms with Crippen LogP contribution >= 0.6 is 0 Å². The molecule has 1 fully saturated rings. The Morgan fingerprint density at radius 1 is 1.25 bits per heavy atom. The number of nitrogens with zero attached hydrogens (tertiary/aromatic N) is 1. The highest BCUT2D eigenvalue weighted by Crippen LogP contribution is 2.18. The normalized spacial score (nSPS) is 17.9. The molecule has 0 unspecified atom stereocenters. The fraction of sp³-hybridized carbons (Fsp3) is 0.357. The fourth-order valence-electron chi connectivity index (χ4n) is 2.22. The summed E-state index contributed by atoms with van der Waals surface area (Å²) in [5.74, 6) is -2.67. The Balaban J connectivity index is 2.03. The third-order valence-corrected chi connectivity index (χ3v) is 3.30. The molecule has 0 radical (unpaired) electrons. The zero-order chi connectivity index (χ0) is 14.7. The minimum atomic E-state index is -1.07. The molecular formula is C14H16N2O4. The van der Waals surface area contributed by atoms with Gasteiger partial charge in [0.1, 0.15) is 6.04 Å². The van der Waals surface area contributed by atoms with Crippen LogP contribution in [-0.4, -0.2) is 40.4 Å². The molecule has 1 aliphatic heterocycles. The van der Waals surface area contributed by atoms with Crippen molar-refractivity contribution < 1.29 is 19.5 Å². The molecule has 106 valence electrons. The second-order valence-corrected chi connectivity index (χ2v) is 4.81. The summed E-state index contributed by atoms with van der Waals surface area (Å²) >= 11 is 0. The van der Waals surface area contributed by atoms with Crippen molar-refractivity contribution in [2.24, 2.45) is 0 Å². The van der Waals surface area contributed by atoms with Gasteiger partial charge in [-0.25, -0.2) is 4.79 Å². The van der Waals surface area contributed by atoms with Crippen molar-refractivity contribution in [1.82, 2.24) is 4.90 Å². The molecule has 1 saturated heterocycles. The number of carbonyl (C=O) groups excluding carboxylic acids is 2. The number of aryl methyl sites for hydroxylation is 1. The smallest absolute Gasteiger partial charge is 0.326 e. The van der Waals surface area contributed by atoms with Gasteiger partial charge in [-0.15, -0.1) is 0 Å². The Morgan fingerprint density at radius 3 is 2.50 bits per heavy atom. The van der Waals surface area contributed by atoms with E-state index in [1.165, 1.54) is 0 Å². The summed E-state index contributed by atoms with van der Waals surface area (Å²) in [6, 6.07) is 6.12. The predicted octanol–water partition coefficient (Wildman–Crippen LogP) is 1.01. The van der Waals surface area contributed by atoms with Crippen LogP contribution in [0.25, 0.3) is 0 Å². The number of carboxylic acid groups (broad SMARTS) is 1. The number of carboxylic acids is 1. The monoisotopic (exact) mass is 276 g/mol. The fourth-order valence-corrected chi connectivity index (χ4v) is 2.22. The summed E-state index contributed by atoms with van der Waals surface area (Å²) in [6.07, 6.45) is 0.986. The molecule has 6 nitrogen and oxygen atoms in total. The molecule has 1 aliphatic rings. The minimum Gasteiger partial charge on any atom is -0.480 e. The Bertz CT molecular complexity index is 539. The first-order valence-electron chi connectivity index (χ1n) is 6.40. The van der Waals surface area contributed by atoms with Crippen LogP contribution in [0.5, 0.6) is 0 Å². The molecule has 0 bridgehead atoms. The Morgan fingerprint density at radius 2 is 1.90 bits per heavy atom. The van der Waals surface area contributed by atoms with Crippen LogP contribution in [0.15, 0.2) is 24.3 Å². The first-order chi connectivity index (χ1) is 9.49. The van der Waals surface area contributed by atoms with Crippen molar-refractivity contribution in [3.8, 4) is 0 Å². The lowest BCUT2D eigenvalue weighted by atomic mass is 10.2. The molecule has 0 aromatic heterocycles. The second kappa shape index (κ2) is 5.73. The SMILES string of the molecule is Cc1ccc(NC(=O)C(=O)N2CCC[C@H]2C(=O)O)cc1. The molecule has 1 aromatic rings. The molecule has 1 heterocycles. The maximum absolute atomic E-state index is 12.0. The molecule has 6 heteroatoms. The summed E-state index contributed by atoms with van der Waals surface area (Å²) in [7, 11) is 0. The third-order valence-electron chi connectivity index (χ3n) is 3.30. The molecule has 20 heavy (non-hydrogen) atoms. The maximum Gasteiger partial charge on any atom is 0.326 e. The number of aliphatic carboxylic acids is 1. The molecule has 1 aromatic carbocycles. The van der Waals surface area contributed by atoms with E-state index in [9.17, 15) is 14.4 Å². The lowest BCUT2D eigenvalue weighted by Crippen LogP contribution is -2.45. The first kappa shape index (κ1) is 14.0. The van der Waals surface area contributed by atoms with Crippen molar-refractivity contribution in [1.29, 1.82) is 0 Å². The van der Waals surface area contributed by atoms with Crippen molar-refractivity contribution >= 4 is 23.5 Å². The molecule has 0 spiro atoms. The van der Waals surface area contributed by atoms with Crippen LogP contribution < -0.4 is 5.32 Å². The van der Waals surface area contributed by atoms with Crippen molar-refractivity contribution in [3.05, 3.63) is 29.8 Å². The van der Waals surface area contributed by atoms with E-state index >= 15 is 0 Å². The van der Waals surface area contributed by atoms with Crippen LogP contribution in [0.3, 0.4) is 0 Å². The Labute approximate surface area is 116 Å². The Kier molecular flexibility index (Phi) is 4.02. The predicted molar refractivity (Wildman–Crippen MR) is 72.2 cm³/mol. The number of hydrogen-bond donors (Lipinski definition) is 2. The number of benzene rings is 1. The lowest BCUT2D eigenvalue weighted by molar-refractivity contribution is -0.151. The molecule has 2 rings (SSSR count). The van der Waals surface area contributed by atoms with Gasteiger partial charge in [0, 0.05) is 12.2 Å². The highest BCUT2D eigenvalue weighted by Gasteiger charge is 2.36. The summed E-state index contributed by atoms with van der Waals surface area (Å²) in [5.41, 5.74) is 1.56. The average Bonchev–Trinajstić information content (AvgIpc) is 2.90. The summed E-state index contributed by atoms with van der Waals surface area (Å²) in [6.45, 7) is 2.22. The average molecular weight is 276 g/mol. The van der Waals surface area contributed by atoms with Crippen molar-refractivity contribution in [2.45, 2.75) is 25.8 Å². The molecule has 0 aliphatic carbocycles. The van der Waals surface area contributed by atoms with Gasteiger partial charge in [0.05, 0.1) is 0 Å². The Hall–Kier alpha value is -2.37. The van der Waals surface area contributed by atoms with Gasteiger partial charge < -0.3 is 15.3 Å². The number of carbonyl (C=O) groups is 3. The molecule has 0 saturated carbocycles. The summed E-state index contributed by atoms with van der Waals surface area (Å²) < 4.78 is 0. The third kappa shape index (κ3) is 2.96. The van der Waals surface area contributed by atoms with Gasteiger partial charge >= 0.3 is 17.8 Å². The van der Waals surface area contributed by atoms with Gasteiger partial charge in [0.15, 0.2) is 0 Å². The van der Waals surface area contributed by atoms with E-state index in [0.29, 0.717) is 25.1 Å². The number of hydrogen-bond acceptors (Lipinski definition) is 3. The van der Waals surface area contributed by atoms with E-state index in [4.69, 9.17) is 5.11 Å². The number of amides is 2. The zero-order valence-corrected chi connectivity index (χ0v) is 11.1. The van der Waals surface area contributed by atoms with Crippen LogP contribution in [0, 0.1) is 6.92 Å². The highest BCUT2D eigenvalue weighted by atomic mass is 16.4. The van der Waals surface area contributed by atoms with Gasteiger partial charge in [-0.3, -0.25) is 9.59 Å². The topological polar surface area (TPSA) is 86.7 Å². The van der Waals surface area contributed by atoms with Crippen LogP contribution in [0.4, 0.5) is 5.69 Å². The molecular weight excluding hydrogens is 260 g/mol.